The number of esters is 1. The summed E-state index contributed by atoms with van der Waals surface area (Å²) in [5, 5.41) is 11.2. The highest BCUT2D eigenvalue weighted by molar-refractivity contribution is 6.47. The summed E-state index contributed by atoms with van der Waals surface area (Å²) in [7, 11) is 0. The molecule has 0 spiro atoms. The number of ether oxygens (including phenoxy) is 1. The van der Waals surface area contributed by atoms with Gasteiger partial charge in [0, 0.05) is 16.1 Å². The molecule has 3 rings (SSSR count). The van der Waals surface area contributed by atoms with Crippen LogP contribution in [0.1, 0.15) is 24.1 Å². The van der Waals surface area contributed by atoms with Crippen LogP contribution < -0.4 is 0 Å². The van der Waals surface area contributed by atoms with Crippen LogP contribution in [0, 0.1) is 5.82 Å². The predicted molar refractivity (Wildman–Crippen MR) is 103 cm³/mol. The highest BCUT2D eigenvalue weighted by Gasteiger charge is 2.47. The van der Waals surface area contributed by atoms with Crippen molar-refractivity contribution in [2.75, 3.05) is 13.2 Å². The summed E-state index contributed by atoms with van der Waals surface area (Å²) in [6.45, 7) is 1.12. The van der Waals surface area contributed by atoms with E-state index in [-0.39, 0.29) is 23.3 Å². The van der Waals surface area contributed by atoms with Crippen molar-refractivity contribution >= 4 is 35.0 Å². The summed E-state index contributed by atoms with van der Waals surface area (Å²) in [6, 6.07) is 10.2. The number of ketones is 1. The van der Waals surface area contributed by atoms with Gasteiger partial charge < -0.3 is 14.7 Å². The largest absolute Gasteiger partial charge is 0.507 e. The molecule has 0 aliphatic carbocycles. The van der Waals surface area contributed by atoms with Gasteiger partial charge in [-0.15, -0.1) is 0 Å². The Morgan fingerprint density at radius 3 is 2.45 bits per heavy atom. The maximum atomic E-state index is 14.6. The van der Waals surface area contributed by atoms with Gasteiger partial charge in [0.15, 0.2) is 0 Å². The number of halogens is 2. The van der Waals surface area contributed by atoms with E-state index in [2.05, 4.69) is 0 Å². The molecule has 0 saturated carbocycles. The standard InChI is InChI=1S/C21H17ClFNO5/c1-2-29-16(25)11-24-18(14-5-3-4-6-15(14)23)17(20(27)21(24)28)19(26)12-7-9-13(22)10-8-12/h3-10,18,26H,2,11H2,1H3/b19-17+. The number of hydrogen-bond donors (Lipinski definition) is 1. The second kappa shape index (κ2) is 8.45. The maximum Gasteiger partial charge on any atom is 0.325 e. The molecule has 0 radical (unpaired) electrons. The molecule has 1 aliphatic rings. The van der Waals surface area contributed by atoms with Gasteiger partial charge >= 0.3 is 5.97 Å². The molecule has 1 heterocycles. The summed E-state index contributed by atoms with van der Waals surface area (Å²) >= 11 is 5.86. The number of aliphatic hydroxyl groups excluding tert-OH is 1. The van der Waals surface area contributed by atoms with Crippen molar-refractivity contribution in [2.24, 2.45) is 0 Å². The fourth-order valence-corrected chi connectivity index (χ4v) is 3.30. The predicted octanol–water partition coefficient (Wildman–Crippen LogP) is 3.46. The molecule has 2 aromatic carbocycles. The topological polar surface area (TPSA) is 83.9 Å². The van der Waals surface area contributed by atoms with Crippen LogP contribution in [-0.2, 0) is 19.1 Å². The zero-order valence-corrected chi connectivity index (χ0v) is 16.1. The number of amides is 1. The quantitative estimate of drug-likeness (QED) is 0.348. The number of Topliss-reactive ketones (excluding diaryl/α,β-unsaturated/α-hetero) is 1. The zero-order valence-electron chi connectivity index (χ0n) is 15.4. The average Bonchev–Trinajstić information content (AvgIpc) is 2.93. The Hall–Kier alpha value is -3.19. The van der Waals surface area contributed by atoms with E-state index in [1.165, 1.54) is 48.5 Å². The van der Waals surface area contributed by atoms with Crippen LogP contribution in [0.15, 0.2) is 54.1 Å². The third kappa shape index (κ3) is 4.00. The van der Waals surface area contributed by atoms with E-state index >= 15 is 0 Å². The molecule has 1 aliphatic heterocycles. The van der Waals surface area contributed by atoms with Crippen LogP contribution >= 0.6 is 11.6 Å². The fourth-order valence-electron chi connectivity index (χ4n) is 3.17. The van der Waals surface area contributed by atoms with Gasteiger partial charge in [0.25, 0.3) is 11.7 Å². The zero-order chi connectivity index (χ0) is 21.1. The molecule has 6 nitrogen and oxygen atoms in total. The first-order chi connectivity index (χ1) is 13.8. The smallest absolute Gasteiger partial charge is 0.325 e. The summed E-state index contributed by atoms with van der Waals surface area (Å²) in [4.78, 5) is 38.2. The lowest BCUT2D eigenvalue weighted by atomic mass is 9.95. The second-order valence-corrected chi connectivity index (χ2v) is 6.70. The highest BCUT2D eigenvalue weighted by Crippen LogP contribution is 2.40. The fraction of sp³-hybridized carbons (Fsp3) is 0.190. The first-order valence-electron chi connectivity index (χ1n) is 8.79. The van der Waals surface area contributed by atoms with E-state index in [0.717, 1.165) is 4.90 Å². The van der Waals surface area contributed by atoms with E-state index < -0.39 is 41.8 Å². The van der Waals surface area contributed by atoms with Gasteiger partial charge in [0.05, 0.1) is 18.2 Å². The molecule has 0 aromatic heterocycles. The number of carbonyl (C=O) groups is 3. The molecule has 1 atom stereocenters. The number of carbonyl (C=O) groups excluding carboxylic acids is 3. The maximum absolute atomic E-state index is 14.6. The normalized spacial score (nSPS) is 18.2. The van der Waals surface area contributed by atoms with Gasteiger partial charge in [0.1, 0.15) is 18.1 Å². The Morgan fingerprint density at radius 1 is 1.17 bits per heavy atom. The van der Waals surface area contributed by atoms with E-state index in [0.29, 0.717) is 5.02 Å². The molecular weight excluding hydrogens is 401 g/mol. The van der Waals surface area contributed by atoms with Gasteiger partial charge in [-0.05, 0) is 37.3 Å². The lowest BCUT2D eigenvalue weighted by molar-refractivity contribution is -0.150. The number of likely N-dealkylation sites (tertiary alicyclic amines) is 1. The summed E-state index contributed by atoms with van der Waals surface area (Å²) in [5.41, 5.74) is -0.108. The molecule has 1 fully saturated rings. The molecule has 1 amide bonds. The van der Waals surface area contributed by atoms with Gasteiger partial charge in [-0.1, -0.05) is 29.8 Å². The van der Waals surface area contributed by atoms with E-state index in [1.54, 1.807) is 6.92 Å². The first kappa shape index (κ1) is 20.5. The van der Waals surface area contributed by atoms with Crippen molar-refractivity contribution < 1.29 is 28.6 Å². The molecule has 29 heavy (non-hydrogen) atoms. The van der Waals surface area contributed by atoms with Crippen molar-refractivity contribution in [3.05, 3.63) is 76.1 Å². The Kier molecular flexibility index (Phi) is 5.98. The number of nitrogens with zero attached hydrogens (tertiary/aromatic N) is 1. The lowest BCUT2D eigenvalue weighted by Crippen LogP contribution is -2.35. The molecule has 2 aromatic rings. The van der Waals surface area contributed by atoms with Crippen LogP contribution in [0.25, 0.3) is 5.76 Å². The average molecular weight is 418 g/mol. The van der Waals surface area contributed by atoms with Crippen molar-refractivity contribution in [3.8, 4) is 0 Å². The Bertz CT molecular complexity index is 1000. The Morgan fingerprint density at radius 2 is 1.83 bits per heavy atom. The molecule has 1 unspecified atom stereocenters. The molecule has 1 saturated heterocycles. The molecular formula is C21H17ClFNO5. The van der Waals surface area contributed by atoms with Crippen LogP contribution in [0.5, 0.6) is 0 Å². The van der Waals surface area contributed by atoms with Crippen molar-refractivity contribution in [1.29, 1.82) is 0 Å². The summed E-state index contributed by atoms with van der Waals surface area (Å²) < 4.78 is 19.4. The molecule has 150 valence electrons. The van der Waals surface area contributed by atoms with Gasteiger partial charge in [-0.25, -0.2) is 4.39 Å². The number of rotatable bonds is 5. The highest BCUT2D eigenvalue weighted by atomic mass is 35.5. The van der Waals surface area contributed by atoms with Crippen LogP contribution in [0.4, 0.5) is 4.39 Å². The summed E-state index contributed by atoms with van der Waals surface area (Å²) in [5.74, 6) is -3.96. The molecule has 1 N–H and O–H groups in total. The first-order valence-corrected chi connectivity index (χ1v) is 9.17. The number of benzene rings is 2. The summed E-state index contributed by atoms with van der Waals surface area (Å²) in [6.07, 6.45) is 0. The minimum atomic E-state index is -1.28. The van der Waals surface area contributed by atoms with E-state index in [1.807, 2.05) is 0 Å². The molecule has 8 heteroatoms. The molecule has 0 bridgehead atoms. The lowest BCUT2D eigenvalue weighted by Gasteiger charge is -2.24. The van der Waals surface area contributed by atoms with E-state index in [9.17, 15) is 23.9 Å². The minimum Gasteiger partial charge on any atom is -0.507 e. The second-order valence-electron chi connectivity index (χ2n) is 6.26. The van der Waals surface area contributed by atoms with E-state index in [4.69, 9.17) is 16.3 Å². The van der Waals surface area contributed by atoms with Gasteiger partial charge in [-0.3, -0.25) is 14.4 Å². The van der Waals surface area contributed by atoms with Crippen molar-refractivity contribution in [1.82, 2.24) is 4.90 Å². The minimum absolute atomic E-state index is 0.0217. The van der Waals surface area contributed by atoms with Crippen LogP contribution in [0.3, 0.4) is 0 Å². The van der Waals surface area contributed by atoms with Crippen molar-refractivity contribution in [3.63, 3.8) is 0 Å². The number of aliphatic hydroxyl groups is 1. The monoisotopic (exact) mass is 417 g/mol. The third-order valence-corrected chi connectivity index (χ3v) is 4.71. The Labute approximate surface area is 171 Å². The van der Waals surface area contributed by atoms with Gasteiger partial charge in [0.2, 0.25) is 0 Å². The van der Waals surface area contributed by atoms with Crippen LogP contribution in [0.2, 0.25) is 5.02 Å². The third-order valence-electron chi connectivity index (χ3n) is 4.46. The van der Waals surface area contributed by atoms with Crippen LogP contribution in [-0.4, -0.2) is 40.8 Å². The van der Waals surface area contributed by atoms with Gasteiger partial charge in [-0.2, -0.15) is 0 Å². The van der Waals surface area contributed by atoms with Crippen molar-refractivity contribution in [2.45, 2.75) is 13.0 Å². The number of hydrogen-bond acceptors (Lipinski definition) is 5. The SMILES string of the molecule is CCOC(=O)CN1C(=O)C(=O)/C(=C(/O)c2ccc(Cl)cc2)C1c1ccccc1F. The Balaban J connectivity index is 2.17.